The van der Waals surface area contributed by atoms with Crippen LogP contribution in [0.25, 0.3) is 11.1 Å². The molecule has 0 aliphatic heterocycles. The highest BCUT2D eigenvalue weighted by Crippen LogP contribution is 2.65. The predicted octanol–water partition coefficient (Wildman–Crippen LogP) is 2.93. The van der Waals surface area contributed by atoms with Crippen molar-refractivity contribution >= 4 is 0 Å². The third-order valence-electron chi connectivity index (χ3n) is 4.50. The van der Waals surface area contributed by atoms with Crippen LogP contribution in [0.1, 0.15) is 17.5 Å². The fraction of sp³-hybridized carbons (Fsp3) is 0.250. The molecule has 1 unspecified atom stereocenters. The van der Waals surface area contributed by atoms with Crippen LogP contribution in [-0.4, -0.2) is 6.54 Å². The lowest BCUT2D eigenvalue weighted by atomic mass is 9.91. The van der Waals surface area contributed by atoms with Gasteiger partial charge in [0.2, 0.25) is 0 Å². The van der Waals surface area contributed by atoms with Crippen LogP contribution in [0.3, 0.4) is 0 Å². The molecule has 0 amide bonds. The van der Waals surface area contributed by atoms with Gasteiger partial charge in [-0.15, -0.1) is 0 Å². The fourth-order valence-electron chi connectivity index (χ4n) is 3.63. The van der Waals surface area contributed by atoms with Gasteiger partial charge >= 0.3 is 0 Å². The van der Waals surface area contributed by atoms with Crippen molar-refractivity contribution in [2.45, 2.75) is 11.8 Å². The van der Waals surface area contributed by atoms with Crippen LogP contribution in [0.5, 0.6) is 0 Å². The zero-order chi connectivity index (χ0) is 11.5. The molecule has 2 aliphatic carbocycles. The Morgan fingerprint density at radius 3 is 1.94 bits per heavy atom. The summed E-state index contributed by atoms with van der Waals surface area (Å²) in [5.74, 6) is 0.632. The molecular weight excluding hydrogens is 206 g/mol. The van der Waals surface area contributed by atoms with E-state index in [-0.39, 0.29) is 5.41 Å². The Labute approximate surface area is 101 Å². The van der Waals surface area contributed by atoms with Crippen molar-refractivity contribution in [1.82, 2.24) is 0 Å². The van der Waals surface area contributed by atoms with Gasteiger partial charge in [0.25, 0.3) is 0 Å². The smallest absolute Gasteiger partial charge is 0.0259 e. The second-order valence-corrected chi connectivity index (χ2v) is 5.20. The Morgan fingerprint density at radius 1 is 0.941 bits per heavy atom. The Kier molecular flexibility index (Phi) is 1.66. The number of fused-ring (bicyclic) bond motifs is 5. The van der Waals surface area contributed by atoms with Crippen LogP contribution in [0.15, 0.2) is 48.5 Å². The molecule has 2 aromatic rings. The number of hydrogen-bond donors (Lipinski definition) is 1. The first-order chi connectivity index (χ1) is 8.38. The van der Waals surface area contributed by atoms with Gasteiger partial charge in [-0.25, -0.2) is 0 Å². The predicted molar refractivity (Wildman–Crippen MR) is 69.8 cm³/mol. The van der Waals surface area contributed by atoms with Crippen molar-refractivity contribution in [2.75, 3.05) is 6.54 Å². The topological polar surface area (TPSA) is 26.0 Å². The minimum Gasteiger partial charge on any atom is -0.330 e. The summed E-state index contributed by atoms with van der Waals surface area (Å²) in [6.45, 7) is 0.794. The average Bonchev–Trinajstić information content (AvgIpc) is 3.07. The molecule has 1 atom stereocenters. The summed E-state index contributed by atoms with van der Waals surface area (Å²) in [7, 11) is 0. The van der Waals surface area contributed by atoms with Gasteiger partial charge in [0.15, 0.2) is 0 Å². The lowest BCUT2D eigenvalue weighted by Gasteiger charge is -2.12. The highest BCUT2D eigenvalue weighted by molar-refractivity contribution is 5.83. The van der Waals surface area contributed by atoms with E-state index in [1.165, 1.54) is 28.7 Å². The Hall–Kier alpha value is -1.60. The molecule has 84 valence electrons. The van der Waals surface area contributed by atoms with Crippen LogP contribution in [-0.2, 0) is 5.41 Å². The van der Waals surface area contributed by atoms with E-state index in [1.54, 1.807) is 0 Å². The van der Waals surface area contributed by atoms with Crippen molar-refractivity contribution in [3.8, 4) is 11.1 Å². The minimum absolute atomic E-state index is 0.252. The summed E-state index contributed by atoms with van der Waals surface area (Å²) in [4.78, 5) is 0. The molecule has 17 heavy (non-hydrogen) atoms. The van der Waals surface area contributed by atoms with Gasteiger partial charge in [-0.05, 0) is 41.1 Å². The number of rotatable bonds is 1. The van der Waals surface area contributed by atoms with Gasteiger partial charge in [0.1, 0.15) is 0 Å². The second kappa shape index (κ2) is 2.99. The Morgan fingerprint density at radius 2 is 1.47 bits per heavy atom. The number of nitrogens with two attached hydrogens (primary N) is 1. The normalized spacial score (nSPS) is 22.3. The molecule has 2 aliphatic rings. The molecular formula is C16H15N. The van der Waals surface area contributed by atoms with Crippen molar-refractivity contribution in [3.05, 3.63) is 59.7 Å². The zero-order valence-corrected chi connectivity index (χ0v) is 9.69. The fourth-order valence-corrected chi connectivity index (χ4v) is 3.63. The summed E-state index contributed by atoms with van der Waals surface area (Å²) in [5, 5.41) is 0. The minimum atomic E-state index is 0.252. The first-order valence-corrected chi connectivity index (χ1v) is 6.27. The molecule has 4 rings (SSSR count). The molecule has 1 saturated carbocycles. The first-order valence-electron chi connectivity index (χ1n) is 6.27. The highest BCUT2D eigenvalue weighted by atomic mass is 14.7. The van der Waals surface area contributed by atoms with E-state index < -0.39 is 0 Å². The molecule has 1 fully saturated rings. The molecule has 0 radical (unpaired) electrons. The van der Waals surface area contributed by atoms with Crippen LogP contribution in [0, 0.1) is 5.92 Å². The Balaban J connectivity index is 2.05. The van der Waals surface area contributed by atoms with Gasteiger partial charge < -0.3 is 5.73 Å². The van der Waals surface area contributed by atoms with E-state index in [9.17, 15) is 0 Å². The largest absolute Gasteiger partial charge is 0.330 e. The van der Waals surface area contributed by atoms with Gasteiger partial charge in [0.05, 0.1) is 0 Å². The maximum absolute atomic E-state index is 5.90. The van der Waals surface area contributed by atoms with E-state index in [4.69, 9.17) is 5.73 Å². The molecule has 0 heterocycles. The lowest BCUT2D eigenvalue weighted by molar-refractivity contribution is 0.717. The van der Waals surface area contributed by atoms with Crippen molar-refractivity contribution in [2.24, 2.45) is 11.7 Å². The van der Waals surface area contributed by atoms with Crippen LogP contribution in [0.4, 0.5) is 0 Å². The average molecular weight is 221 g/mol. The maximum atomic E-state index is 5.90. The molecule has 0 aromatic heterocycles. The lowest BCUT2D eigenvalue weighted by Crippen LogP contribution is -2.14. The third-order valence-corrected chi connectivity index (χ3v) is 4.50. The monoisotopic (exact) mass is 221 g/mol. The van der Waals surface area contributed by atoms with Gasteiger partial charge in [-0.1, -0.05) is 48.5 Å². The van der Waals surface area contributed by atoms with Crippen LogP contribution in [0.2, 0.25) is 0 Å². The molecule has 0 bridgehead atoms. The molecule has 0 saturated heterocycles. The standard InChI is InChI=1S/C16H15N/c17-10-11-9-16(11)14-7-3-1-5-12(14)13-6-2-4-8-15(13)16/h1-8,11H,9-10,17H2. The van der Waals surface area contributed by atoms with Crippen molar-refractivity contribution < 1.29 is 0 Å². The molecule has 1 nitrogen and oxygen atoms in total. The summed E-state index contributed by atoms with van der Waals surface area (Å²) >= 11 is 0. The Bertz CT molecular complexity index is 554. The van der Waals surface area contributed by atoms with E-state index in [0.717, 1.165) is 6.54 Å². The zero-order valence-electron chi connectivity index (χ0n) is 9.69. The summed E-state index contributed by atoms with van der Waals surface area (Å²) in [6, 6.07) is 17.6. The maximum Gasteiger partial charge on any atom is 0.0259 e. The number of benzene rings is 2. The highest BCUT2D eigenvalue weighted by Gasteiger charge is 2.59. The van der Waals surface area contributed by atoms with Crippen LogP contribution < -0.4 is 5.73 Å². The molecule has 1 spiro atoms. The van der Waals surface area contributed by atoms with Gasteiger partial charge in [-0.2, -0.15) is 0 Å². The van der Waals surface area contributed by atoms with Gasteiger partial charge in [0, 0.05) is 5.41 Å². The number of hydrogen-bond acceptors (Lipinski definition) is 1. The van der Waals surface area contributed by atoms with Crippen LogP contribution >= 0.6 is 0 Å². The first kappa shape index (κ1) is 9.43. The van der Waals surface area contributed by atoms with E-state index >= 15 is 0 Å². The third kappa shape index (κ3) is 0.985. The van der Waals surface area contributed by atoms with Crippen molar-refractivity contribution in [1.29, 1.82) is 0 Å². The van der Waals surface area contributed by atoms with E-state index in [2.05, 4.69) is 48.5 Å². The van der Waals surface area contributed by atoms with Gasteiger partial charge in [-0.3, -0.25) is 0 Å². The molecule has 1 heteroatoms. The molecule has 2 N–H and O–H groups in total. The summed E-state index contributed by atoms with van der Waals surface area (Å²) in [6.07, 6.45) is 1.22. The molecule has 2 aromatic carbocycles. The summed E-state index contributed by atoms with van der Waals surface area (Å²) < 4.78 is 0. The van der Waals surface area contributed by atoms with Crippen molar-refractivity contribution in [3.63, 3.8) is 0 Å². The van der Waals surface area contributed by atoms with E-state index in [1.807, 2.05) is 0 Å². The van der Waals surface area contributed by atoms with E-state index in [0.29, 0.717) is 5.92 Å². The SMILES string of the molecule is NCC1CC12c1ccccc1-c1ccccc12. The second-order valence-electron chi connectivity index (χ2n) is 5.20. The quantitative estimate of drug-likeness (QED) is 0.787. The summed E-state index contributed by atoms with van der Waals surface area (Å²) in [5.41, 5.74) is 12.0.